The molecule has 260 valence electrons. The van der Waals surface area contributed by atoms with Crippen molar-refractivity contribution < 1.29 is 9.47 Å². The summed E-state index contributed by atoms with van der Waals surface area (Å²) in [5.74, 6) is 6.07. The molecule has 0 bridgehead atoms. The molecule has 2 fully saturated rings. The average Bonchev–Trinajstić information content (AvgIpc) is 3.08. The molecule has 0 atom stereocenters. The molecule has 4 N–H and O–H groups in total. The van der Waals surface area contributed by atoms with Crippen LogP contribution in [-0.2, 0) is 5.41 Å². The van der Waals surface area contributed by atoms with Crippen LogP contribution < -0.4 is 20.9 Å². The van der Waals surface area contributed by atoms with Crippen LogP contribution in [0.4, 0.5) is 11.4 Å². The Labute approximate surface area is 295 Å². The highest BCUT2D eigenvalue weighted by Crippen LogP contribution is 2.52. The molecule has 0 heterocycles. The minimum absolute atomic E-state index is 0.0652. The Morgan fingerprint density at radius 3 is 1.47 bits per heavy atom. The molecule has 0 aliphatic heterocycles. The van der Waals surface area contributed by atoms with Gasteiger partial charge in [0.1, 0.15) is 23.0 Å². The standard InChI is InChI=1S/C45H58N2O2/c1-6-7-8-11-34-16-18-35(19-17-34)36-20-22-45(23-21-36,37-24-30(2)43(31(3)25-37)48-41-14-9-12-39(46)28-41)38-26-32(4)44(33(5)27-38)49-42-15-10-13-40(47)29-42/h9-10,12-15,24-29,34-36H,6-8,11,16-23,46-47H2,1-5H3/t34-,35+. The zero-order chi connectivity index (χ0) is 34.5. The summed E-state index contributed by atoms with van der Waals surface area (Å²) in [5.41, 5.74) is 21.0. The molecule has 0 amide bonds. The van der Waals surface area contributed by atoms with E-state index in [0.717, 1.165) is 75.8 Å². The van der Waals surface area contributed by atoms with Crippen LogP contribution in [0.25, 0.3) is 0 Å². The smallest absolute Gasteiger partial charge is 0.133 e. The summed E-state index contributed by atoms with van der Waals surface area (Å²) in [6.45, 7) is 11.1. The Morgan fingerprint density at radius 2 is 1.04 bits per heavy atom. The molecule has 0 aromatic heterocycles. The predicted molar refractivity (Wildman–Crippen MR) is 206 cm³/mol. The van der Waals surface area contributed by atoms with Crippen LogP contribution in [0.3, 0.4) is 0 Å². The number of unbranched alkanes of at least 4 members (excludes halogenated alkanes) is 2. The van der Waals surface area contributed by atoms with E-state index in [2.05, 4.69) is 58.9 Å². The molecule has 4 nitrogen and oxygen atoms in total. The van der Waals surface area contributed by atoms with Crippen molar-refractivity contribution in [2.75, 3.05) is 11.5 Å². The highest BCUT2D eigenvalue weighted by Gasteiger charge is 2.42. The highest BCUT2D eigenvalue weighted by atomic mass is 16.5. The van der Waals surface area contributed by atoms with Gasteiger partial charge in [0, 0.05) is 28.9 Å². The molecule has 0 spiro atoms. The molecule has 4 aromatic carbocycles. The van der Waals surface area contributed by atoms with E-state index in [1.165, 1.54) is 75.3 Å². The molecule has 4 heteroatoms. The molecule has 2 aliphatic carbocycles. The Morgan fingerprint density at radius 1 is 0.592 bits per heavy atom. The van der Waals surface area contributed by atoms with Gasteiger partial charge in [0.2, 0.25) is 0 Å². The van der Waals surface area contributed by atoms with Crippen LogP contribution in [0.1, 0.15) is 117 Å². The van der Waals surface area contributed by atoms with Gasteiger partial charge < -0.3 is 20.9 Å². The Bertz CT molecular complexity index is 1570. The molecular weight excluding hydrogens is 601 g/mol. The van der Waals surface area contributed by atoms with Gasteiger partial charge in [-0.05, 0) is 142 Å². The van der Waals surface area contributed by atoms with E-state index in [4.69, 9.17) is 20.9 Å². The van der Waals surface area contributed by atoms with Gasteiger partial charge in [0.05, 0.1) is 0 Å². The maximum absolute atomic E-state index is 6.45. The minimum atomic E-state index is -0.0652. The van der Waals surface area contributed by atoms with Crippen molar-refractivity contribution in [1.29, 1.82) is 0 Å². The zero-order valence-electron chi connectivity index (χ0n) is 30.6. The van der Waals surface area contributed by atoms with E-state index in [0.29, 0.717) is 11.4 Å². The fourth-order valence-electron chi connectivity index (χ4n) is 9.15. The van der Waals surface area contributed by atoms with Crippen molar-refractivity contribution in [2.24, 2.45) is 17.8 Å². The maximum Gasteiger partial charge on any atom is 0.133 e. The second-order valence-corrected chi connectivity index (χ2v) is 15.4. The summed E-state index contributed by atoms with van der Waals surface area (Å²) < 4.78 is 12.9. The Hall–Kier alpha value is -3.92. The normalized spacial score (nSPS) is 19.4. The van der Waals surface area contributed by atoms with Crippen LogP contribution in [0, 0.1) is 45.4 Å². The van der Waals surface area contributed by atoms with Gasteiger partial charge in [0.15, 0.2) is 0 Å². The van der Waals surface area contributed by atoms with E-state index in [9.17, 15) is 0 Å². The van der Waals surface area contributed by atoms with E-state index in [-0.39, 0.29) is 5.41 Å². The first kappa shape index (κ1) is 34.9. The quantitative estimate of drug-likeness (QED) is 0.124. The Kier molecular flexibility index (Phi) is 10.9. The largest absolute Gasteiger partial charge is 0.457 e. The number of nitrogens with two attached hydrogens (primary N) is 2. The number of aryl methyl sites for hydroxylation is 4. The van der Waals surface area contributed by atoms with Crippen molar-refractivity contribution in [1.82, 2.24) is 0 Å². The fourth-order valence-corrected chi connectivity index (χ4v) is 9.15. The monoisotopic (exact) mass is 658 g/mol. The van der Waals surface area contributed by atoms with E-state index < -0.39 is 0 Å². The van der Waals surface area contributed by atoms with Gasteiger partial charge in [-0.3, -0.25) is 0 Å². The van der Waals surface area contributed by atoms with Crippen molar-refractivity contribution in [3.63, 3.8) is 0 Å². The third-order valence-corrected chi connectivity index (χ3v) is 11.8. The zero-order valence-corrected chi connectivity index (χ0v) is 30.6. The lowest BCUT2D eigenvalue weighted by Crippen LogP contribution is -2.36. The van der Waals surface area contributed by atoms with Gasteiger partial charge in [-0.25, -0.2) is 0 Å². The van der Waals surface area contributed by atoms with E-state index >= 15 is 0 Å². The van der Waals surface area contributed by atoms with E-state index in [1.54, 1.807) is 0 Å². The first-order chi connectivity index (χ1) is 23.6. The molecule has 4 aromatic rings. The van der Waals surface area contributed by atoms with E-state index in [1.807, 2.05) is 48.5 Å². The number of ether oxygens (including phenoxy) is 2. The minimum Gasteiger partial charge on any atom is -0.457 e. The molecule has 49 heavy (non-hydrogen) atoms. The predicted octanol–water partition coefficient (Wildman–Crippen LogP) is 12.5. The lowest BCUT2D eigenvalue weighted by molar-refractivity contribution is 0.140. The number of benzene rings is 4. The fraction of sp³-hybridized carbons (Fsp3) is 0.467. The van der Waals surface area contributed by atoms with Gasteiger partial charge in [-0.2, -0.15) is 0 Å². The van der Waals surface area contributed by atoms with Crippen molar-refractivity contribution >= 4 is 11.4 Å². The molecule has 0 saturated heterocycles. The van der Waals surface area contributed by atoms with Gasteiger partial charge in [-0.1, -0.05) is 81.8 Å². The third kappa shape index (κ3) is 7.95. The lowest BCUT2D eigenvalue weighted by Gasteiger charge is -2.45. The summed E-state index contributed by atoms with van der Waals surface area (Å²) in [4.78, 5) is 0. The SMILES string of the molecule is CCCCC[C@H]1CC[C@@H](C2CCC(c3cc(C)c(Oc4cccc(N)c4)c(C)c3)(c3cc(C)c(Oc4cccc(N)c4)c(C)c3)CC2)CC1. The van der Waals surface area contributed by atoms with Gasteiger partial charge >= 0.3 is 0 Å². The molecule has 0 radical (unpaired) electrons. The maximum atomic E-state index is 6.45. The number of rotatable bonds is 11. The highest BCUT2D eigenvalue weighted by molar-refractivity contribution is 5.55. The van der Waals surface area contributed by atoms with Crippen molar-refractivity contribution in [3.8, 4) is 23.0 Å². The van der Waals surface area contributed by atoms with Crippen LogP contribution in [0.15, 0.2) is 72.8 Å². The van der Waals surface area contributed by atoms with Gasteiger partial charge in [0.25, 0.3) is 0 Å². The van der Waals surface area contributed by atoms with Crippen LogP contribution in [0.5, 0.6) is 23.0 Å². The first-order valence-electron chi connectivity index (χ1n) is 19.0. The average molecular weight is 659 g/mol. The molecular formula is C45H58N2O2. The molecule has 6 rings (SSSR count). The lowest BCUT2D eigenvalue weighted by atomic mass is 9.59. The van der Waals surface area contributed by atoms with Crippen molar-refractivity contribution in [3.05, 3.63) is 106 Å². The number of hydrogen-bond donors (Lipinski definition) is 2. The number of anilines is 2. The summed E-state index contributed by atoms with van der Waals surface area (Å²) >= 11 is 0. The number of nitrogen functional groups attached to an aromatic ring is 2. The van der Waals surface area contributed by atoms with Gasteiger partial charge in [-0.15, -0.1) is 0 Å². The second-order valence-electron chi connectivity index (χ2n) is 15.4. The molecule has 2 saturated carbocycles. The number of hydrogen-bond acceptors (Lipinski definition) is 4. The summed E-state index contributed by atoms with van der Waals surface area (Å²) in [5, 5.41) is 0. The van der Waals surface area contributed by atoms with Crippen molar-refractivity contribution in [2.45, 2.75) is 117 Å². The summed E-state index contributed by atoms with van der Waals surface area (Å²) in [6, 6.07) is 25.0. The third-order valence-electron chi connectivity index (χ3n) is 11.8. The second kappa shape index (κ2) is 15.3. The van der Waals surface area contributed by atoms with Crippen LogP contribution in [0.2, 0.25) is 0 Å². The topological polar surface area (TPSA) is 70.5 Å². The van der Waals surface area contributed by atoms with Crippen LogP contribution in [-0.4, -0.2) is 0 Å². The Balaban J connectivity index is 1.30. The molecule has 2 aliphatic rings. The summed E-state index contributed by atoms with van der Waals surface area (Å²) in [6.07, 6.45) is 16.2. The summed E-state index contributed by atoms with van der Waals surface area (Å²) in [7, 11) is 0. The first-order valence-corrected chi connectivity index (χ1v) is 19.0. The molecule has 0 unspecified atom stereocenters. The van der Waals surface area contributed by atoms with Crippen LogP contribution >= 0.6 is 0 Å².